The van der Waals surface area contributed by atoms with Crippen molar-refractivity contribution in [2.24, 2.45) is 0 Å². The van der Waals surface area contributed by atoms with Crippen LogP contribution in [-0.4, -0.2) is 27.0 Å². The molecule has 6 nitrogen and oxygen atoms in total. The van der Waals surface area contributed by atoms with Crippen molar-refractivity contribution in [1.82, 2.24) is 4.98 Å². The lowest BCUT2D eigenvalue weighted by Gasteiger charge is -2.12. The lowest BCUT2D eigenvalue weighted by molar-refractivity contribution is -0.172. The highest BCUT2D eigenvalue weighted by Gasteiger charge is 2.16. The van der Waals surface area contributed by atoms with Crippen molar-refractivity contribution in [2.75, 3.05) is 18.3 Å². The van der Waals surface area contributed by atoms with Crippen LogP contribution in [0.2, 0.25) is 0 Å². The van der Waals surface area contributed by atoms with Gasteiger partial charge >= 0.3 is 0 Å². The molecule has 0 spiro atoms. The van der Waals surface area contributed by atoms with E-state index in [1.807, 2.05) is 54.6 Å². The molecule has 0 saturated heterocycles. The Hall–Kier alpha value is -2.68. The topological polar surface area (TPSA) is 100 Å². The molecule has 2 aliphatic heterocycles. The smallest absolute Gasteiger partial charge is 0.231 e. The van der Waals surface area contributed by atoms with Crippen molar-refractivity contribution in [3.05, 3.63) is 65.5 Å². The second-order valence-corrected chi connectivity index (χ2v) is 12.8. The summed E-state index contributed by atoms with van der Waals surface area (Å²) in [6.07, 6.45) is 8.32. The minimum Gasteiger partial charge on any atom is -1.00 e. The molecule has 2 atom stereocenters. The number of halogens is 1. The Morgan fingerprint density at radius 3 is 2.59 bits per heavy atom. The maximum atomic E-state index is 12.3. The summed E-state index contributed by atoms with van der Waals surface area (Å²) in [5.41, 5.74) is 9.62. The first-order valence-electron chi connectivity index (χ1n) is 13.4. The van der Waals surface area contributed by atoms with Gasteiger partial charge in [0, 0.05) is 39.6 Å². The molecule has 2 unspecified atom stereocenters. The number of benzene rings is 3. The van der Waals surface area contributed by atoms with Crippen LogP contribution >= 0.6 is 11.3 Å². The fourth-order valence-electron chi connectivity index (χ4n) is 4.38. The SMILES string of the molecule is CCCCCCCCS(=O)C(C)Cc1ccc2c(c1)OCO2.Nc1ccc2nc3ccc(=[NH2+])cc-3sc2c1.[Cl-]. The van der Waals surface area contributed by atoms with E-state index in [9.17, 15) is 4.21 Å². The molecule has 0 amide bonds. The summed E-state index contributed by atoms with van der Waals surface area (Å²) in [4.78, 5) is 5.64. The molecular formula is C30H38ClN3O3S2. The Kier molecular flexibility index (Phi) is 12.0. The number of rotatable bonds is 10. The zero-order chi connectivity index (χ0) is 26.9. The molecular weight excluding hydrogens is 550 g/mol. The highest BCUT2D eigenvalue weighted by atomic mass is 35.5. The minimum atomic E-state index is -0.743. The van der Waals surface area contributed by atoms with E-state index in [0.29, 0.717) is 6.79 Å². The predicted octanol–water partition coefficient (Wildman–Crippen LogP) is 2.10. The zero-order valence-corrected chi connectivity index (χ0v) is 25.0. The van der Waals surface area contributed by atoms with Gasteiger partial charge in [-0.25, -0.2) is 4.98 Å². The standard InChI is InChI=1S/C18H28O3S.C12H9N3S.ClH/c1-3-4-5-6-7-8-11-22(19)15(2)12-16-9-10-17-18(13-16)21-14-20-17;13-7-1-3-9-11(5-7)16-12-6-8(14)2-4-10(12)15-9;/h9-10,13,15H,3-8,11-12,14H2,1-2H3;1-6,13H,14H2;1H. The normalized spacial score (nSPS) is 13.4. The second kappa shape index (κ2) is 15.2. The van der Waals surface area contributed by atoms with Gasteiger partial charge in [0.25, 0.3) is 0 Å². The Balaban J connectivity index is 0.000000219. The number of hydrogen-bond acceptors (Lipinski definition) is 6. The van der Waals surface area contributed by atoms with Gasteiger partial charge in [0.15, 0.2) is 16.9 Å². The molecule has 0 radical (unpaired) electrons. The number of fused-ring (bicyclic) bond motifs is 3. The van der Waals surface area contributed by atoms with Gasteiger partial charge in [0.05, 0.1) is 20.8 Å². The van der Waals surface area contributed by atoms with Gasteiger partial charge in [-0.1, -0.05) is 52.0 Å². The van der Waals surface area contributed by atoms with Crippen LogP contribution in [0.4, 0.5) is 5.69 Å². The average Bonchev–Trinajstić information content (AvgIpc) is 3.37. The van der Waals surface area contributed by atoms with Crippen molar-refractivity contribution in [3.8, 4) is 22.1 Å². The van der Waals surface area contributed by atoms with Gasteiger partial charge in [0.2, 0.25) is 6.79 Å². The third-order valence-electron chi connectivity index (χ3n) is 6.54. The van der Waals surface area contributed by atoms with E-state index in [2.05, 4.69) is 18.8 Å². The molecule has 0 aromatic heterocycles. The molecule has 0 fully saturated rings. The van der Waals surface area contributed by atoms with E-state index in [4.69, 9.17) is 20.6 Å². The molecule has 210 valence electrons. The highest BCUT2D eigenvalue weighted by molar-refractivity contribution is 7.85. The number of anilines is 1. The summed E-state index contributed by atoms with van der Waals surface area (Å²) in [7, 11) is -0.743. The van der Waals surface area contributed by atoms with Crippen LogP contribution < -0.4 is 38.4 Å². The van der Waals surface area contributed by atoms with Crippen molar-refractivity contribution in [1.29, 1.82) is 0 Å². The maximum absolute atomic E-state index is 12.3. The number of nitrogens with two attached hydrogens (primary N) is 2. The molecule has 2 aromatic carbocycles. The Morgan fingerprint density at radius 1 is 1.00 bits per heavy atom. The van der Waals surface area contributed by atoms with Crippen LogP contribution in [0.3, 0.4) is 0 Å². The number of unbranched alkanes of at least 4 members (excludes halogenated alkanes) is 5. The van der Waals surface area contributed by atoms with E-state index in [1.165, 1.54) is 37.7 Å². The summed E-state index contributed by atoms with van der Waals surface area (Å²) < 4.78 is 24.1. The van der Waals surface area contributed by atoms with Crippen LogP contribution in [0.5, 0.6) is 11.5 Å². The van der Waals surface area contributed by atoms with Crippen LogP contribution in [0.1, 0.15) is 57.9 Å². The molecule has 9 heteroatoms. The van der Waals surface area contributed by atoms with Crippen LogP contribution in [0, 0.1) is 0 Å². The first kappa shape index (κ1) is 30.9. The van der Waals surface area contributed by atoms with E-state index in [1.54, 1.807) is 11.3 Å². The average molecular weight is 588 g/mol. The van der Waals surface area contributed by atoms with E-state index in [0.717, 1.165) is 61.9 Å². The lowest BCUT2D eigenvalue weighted by atomic mass is 10.1. The van der Waals surface area contributed by atoms with Crippen molar-refractivity contribution >= 4 is 38.0 Å². The molecule has 1 aliphatic carbocycles. The third kappa shape index (κ3) is 8.92. The lowest BCUT2D eigenvalue weighted by Crippen LogP contribution is -3.00. The molecule has 3 aliphatic rings. The van der Waals surface area contributed by atoms with Crippen LogP contribution in [-0.2, 0) is 17.2 Å². The quantitative estimate of drug-likeness (QED) is 0.168. The van der Waals surface area contributed by atoms with Crippen LogP contribution in [0.25, 0.3) is 20.8 Å². The summed E-state index contributed by atoms with van der Waals surface area (Å²) in [6.45, 7) is 4.61. The first-order chi connectivity index (χ1) is 18.4. The minimum absolute atomic E-state index is 0. The Labute approximate surface area is 243 Å². The van der Waals surface area contributed by atoms with Crippen molar-refractivity contribution < 1.29 is 31.5 Å². The zero-order valence-electron chi connectivity index (χ0n) is 22.7. The number of ether oxygens (including phenoxy) is 2. The molecule has 39 heavy (non-hydrogen) atoms. The Bertz CT molecular complexity index is 1410. The van der Waals surface area contributed by atoms with Gasteiger partial charge in [-0.15, -0.1) is 11.3 Å². The van der Waals surface area contributed by atoms with E-state index in [-0.39, 0.29) is 17.7 Å². The van der Waals surface area contributed by atoms with Gasteiger partial charge in [-0.05, 0) is 54.8 Å². The van der Waals surface area contributed by atoms with Crippen LogP contribution in [0.15, 0.2) is 54.6 Å². The molecule has 2 heterocycles. The maximum Gasteiger partial charge on any atom is 0.231 e. The summed E-state index contributed by atoms with van der Waals surface area (Å²) in [6, 6.07) is 17.5. The summed E-state index contributed by atoms with van der Waals surface area (Å²) >= 11 is 1.66. The largest absolute Gasteiger partial charge is 1.00 e. The van der Waals surface area contributed by atoms with Gasteiger partial charge < -0.3 is 27.6 Å². The summed E-state index contributed by atoms with van der Waals surface area (Å²) in [5, 5.41) is 6.70. The van der Waals surface area contributed by atoms with Gasteiger partial charge in [-0.2, -0.15) is 0 Å². The fourth-order valence-corrected chi connectivity index (χ4v) is 6.71. The molecule has 0 saturated carbocycles. The fraction of sp³-hybridized carbons (Fsp3) is 0.400. The second-order valence-electron chi connectivity index (χ2n) is 9.72. The van der Waals surface area contributed by atoms with Crippen molar-refractivity contribution in [3.63, 3.8) is 0 Å². The number of nitrogen functional groups attached to an aromatic ring is 1. The van der Waals surface area contributed by atoms with E-state index < -0.39 is 10.8 Å². The molecule has 2 aromatic rings. The Morgan fingerprint density at radius 2 is 1.77 bits per heavy atom. The molecule has 5 rings (SSSR count). The van der Waals surface area contributed by atoms with Gasteiger partial charge in [-0.3, -0.25) is 9.62 Å². The summed E-state index contributed by atoms with van der Waals surface area (Å²) in [5.74, 6) is 2.45. The monoisotopic (exact) mass is 587 g/mol. The molecule has 0 bridgehead atoms. The number of hydrogen-bond donors (Lipinski definition) is 2. The number of aromatic nitrogens is 1. The number of nitrogens with zero attached hydrogens (tertiary/aromatic N) is 1. The third-order valence-corrected chi connectivity index (χ3v) is 9.39. The van der Waals surface area contributed by atoms with Gasteiger partial charge in [0.1, 0.15) is 0 Å². The highest BCUT2D eigenvalue weighted by Crippen LogP contribution is 2.33. The molecule has 4 N–H and O–H groups in total. The first-order valence-corrected chi connectivity index (χ1v) is 15.6. The van der Waals surface area contributed by atoms with Crippen molar-refractivity contribution in [2.45, 2.75) is 64.0 Å². The predicted molar refractivity (Wildman–Crippen MR) is 158 cm³/mol. The van der Waals surface area contributed by atoms with E-state index >= 15 is 0 Å².